The van der Waals surface area contributed by atoms with Crippen molar-refractivity contribution >= 4 is 41.6 Å². The van der Waals surface area contributed by atoms with Crippen molar-refractivity contribution in [2.45, 2.75) is 69.1 Å². The van der Waals surface area contributed by atoms with Gasteiger partial charge in [-0.25, -0.2) is 4.79 Å². The number of likely N-dealkylation sites (tertiary alicyclic amines) is 1. The molecule has 0 aromatic heterocycles. The normalized spacial score (nSPS) is 17.4. The maximum atomic E-state index is 13.0. The van der Waals surface area contributed by atoms with E-state index in [-0.39, 0.29) is 51.2 Å². The fourth-order valence-corrected chi connectivity index (χ4v) is 3.60. The van der Waals surface area contributed by atoms with Gasteiger partial charge in [0, 0.05) is 19.5 Å². The number of guanidine groups is 1. The lowest BCUT2D eigenvalue weighted by Gasteiger charge is -2.28. The van der Waals surface area contributed by atoms with Crippen molar-refractivity contribution in [2.75, 3.05) is 13.1 Å². The van der Waals surface area contributed by atoms with Gasteiger partial charge in [0.2, 0.25) is 17.7 Å². The number of amides is 3. The van der Waals surface area contributed by atoms with Crippen LogP contribution in [-0.4, -0.2) is 99.1 Å². The van der Waals surface area contributed by atoms with Gasteiger partial charge in [-0.1, -0.05) is 0 Å². The van der Waals surface area contributed by atoms with Gasteiger partial charge in [-0.05, 0) is 32.1 Å². The molecule has 1 saturated heterocycles. The van der Waals surface area contributed by atoms with Crippen LogP contribution in [0, 0.1) is 0 Å². The number of carbonyl (C=O) groups excluding carboxylic acids is 3. The average Bonchev–Trinajstić information content (AvgIpc) is 3.28. The molecule has 202 valence electrons. The summed E-state index contributed by atoms with van der Waals surface area (Å²) in [4.78, 5) is 76.7. The number of hydrogen-bond acceptors (Lipinski definition) is 8. The standard InChI is InChI=1S/C20H33N7O9/c21-10(5-6-14(28)29)16(32)25-11(3-1-7-24-20(22)23)17(33)26-12(9-15(30)31)18(34)27-8-2-4-13(27)19(35)36/h10-13H,1-9,21H2,(H,25,32)(H,26,33)(H,28,29)(H,30,31)(H,35,36)(H4,22,23,24). The summed E-state index contributed by atoms with van der Waals surface area (Å²) in [6, 6.07) is -5.27. The molecule has 0 saturated carbocycles. The van der Waals surface area contributed by atoms with Crippen molar-refractivity contribution < 1.29 is 44.1 Å². The summed E-state index contributed by atoms with van der Waals surface area (Å²) in [7, 11) is 0. The molecule has 1 rings (SSSR count). The molecule has 0 aromatic carbocycles. The number of hydrogen-bond donors (Lipinski definition) is 8. The first-order valence-electron chi connectivity index (χ1n) is 11.2. The molecule has 0 radical (unpaired) electrons. The third-order valence-electron chi connectivity index (χ3n) is 5.40. The average molecular weight is 516 g/mol. The molecular formula is C20H33N7O9. The van der Waals surface area contributed by atoms with Gasteiger partial charge in [-0.2, -0.15) is 0 Å². The molecule has 4 atom stereocenters. The quantitative estimate of drug-likeness (QED) is 0.0606. The van der Waals surface area contributed by atoms with E-state index in [9.17, 15) is 39.0 Å². The monoisotopic (exact) mass is 515 g/mol. The molecule has 1 fully saturated rings. The molecule has 16 nitrogen and oxygen atoms in total. The third-order valence-corrected chi connectivity index (χ3v) is 5.40. The van der Waals surface area contributed by atoms with E-state index < -0.39 is 66.2 Å². The van der Waals surface area contributed by atoms with E-state index >= 15 is 0 Å². The first-order chi connectivity index (χ1) is 16.8. The highest BCUT2D eigenvalue weighted by atomic mass is 16.4. The van der Waals surface area contributed by atoms with E-state index in [1.165, 1.54) is 0 Å². The molecule has 0 aromatic rings. The number of nitrogens with two attached hydrogens (primary N) is 3. The number of carboxylic acid groups (broad SMARTS) is 3. The van der Waals surface area contributed by atoms with Crippen molar-refractivity contribution in [3.63, 3.8) is 0 Å². The van der Waals surface area contributed by atoms with E-state index in [2.05, 4.69) is 15.6 Å². The van der Waals surface area contributed by atoms with Crippen LogP contribution >= 0.6 is 0 Å². The van der Waals surface area contributed by atoms with Crippen molar-refractivity contribution in [1.82, 2.24) is 15.5 Å². The van der Waals surface area contributed by atoms with Crippen LogP contribution in [0.3, 0.4) is 0 Å². The molecular weight excluding hydrogens is 482 g/mol. The Morgan fingerprint density at radius 3 is 2.14 bits per heavy atom. The molecule has 16 heteroatoms. The van der Waals surface area contributed by atoms with Crippen LogP contribution in [0.15, 0.2) is 4.99 Å². The molecule has 0 aliphatic carbocycles. The van der Waals surface area contributed by atoms with Gasteiger partial charge in [0.25, 0.3) is 0 Å². The van der Waals surface area contributed by atoms with Gasteiger partial charge in [0.1, 0.15) is 18.1 Å². The summed E-state index contributed by atoms with van der Waals surface area (Å²) < 4.78 is 0. The minimum Gasteiger partial charge on any atom is -0.481 e. The Kier molecular flexibility index (Phi) is 12.1. The maximum Gasteiger partial charge on any atom is 0.326 e. The number of carboxylic acids is 3. The van der Waals surface area contributed by atoms with Gasteiger partial charge in [0.15, 0.2) is 5.96 Å². The molecule has 1 heterocycles. The van der Waals surface area contributed by atoms with Gasteiger partial charge in [-0.15, -0.1) is 0 Å². The van der Waals surface area contributed by atoms with E-state index in [0.717, 1.165) is 4.90 Å². The lowest BCUT2D eigenvalue weighted by molar-refractivity contribution is -0.150. The molecule has 4 unspecified atom stereocenters. The molecule has 1 aliphatic rings. The number of aliphatic imine (C=N–C) groups is 1. The molecule has 11 N–H and O–H groups in total. The van der Waals surface area contributed by atoms with E-state index in [1.807, 2.05) is 0 Å². The second-order valence-electron chi connectivity index (χ2n) is 8.24. The number of nitrogens with one attached hydrogen (secondary N) is 2. The van der Waals surface area contributed by atoms with Crippen LogP contribution in [0.5, 0.6) is 0 Å². The van der Waals surface area contributed by atoms with E-state index in [4.69, 9.17) is 22.3 Å². The summed E-state index contributed by atoms with van der Waals surface area (Å²) in [6.45, 7) is 0.178. The second-order valence-corrected chi connectivity index (χ2v) is 8.24. The summed E-state index contributed by atoms with van der Waals surface area (Å²) in [5.41, 5.74) is 16.2. The second kappa shape index (κ2) is 14.4. The summed E-state index contributed by atoms with van der Waals surface area (Å²) in [6.07, 6.45) is -0.650. The first-order valence-corrected chi connectivity index (χ1v) is 11.2. The zero-order valence-corrected chi connectivity index (χ0v) is 19.6. The zero-order chi connectivity index (χ0) is 27.4. The fourth-order valence-electron chi connectivity index (χ4n) is 3.60. The van der Waals surface area contributed by atoms with Crippen LogP contribution in [0.4, 0.5) is 0 Å². The van der Waals surface area contributed by atoms with Crippen molar-refractivity contribution in [3.05, 3.63) is 0 Å². The Morgan fingerprint density at radius 2 is 1.58 bits per heavy atom. The summed E-state index contributed by atoms with van der Waals surface area (Å²) in [5.74, 6) is -6.64. The predicted molar refractivity (Wildman–Crippen MR) is 123 cm³/mol. The number of aliphatic carboxylic acids is 3. The fraction of sp³-hybridized carbons (Fsp3) is 0.650. The highest BCUT2D eigenvalue weighted by Crippen LogP contribution is 2.19. The third kappa shape index (κ3) is 10.1. The Labute approximate surface area is 206 Å². The first kappa shape index (κ1) is 30.1. The topological polar surface area (TPSA) is 281 Å². The molecule has 0 spiro atoms. The lowest BCUT2D eigenvalue weighted by atomic mass is 10.1. The predicted octanol–water partition coefficient (Wildman–Crippen LogP) is -3.25. The van der Waals surface area contributed by atoms with Gasteiger partial charge >= 0.3 is 17.9 Å². The van der Waals surface area contributed by atoms with Crippen LogP contribution in [0.25, 0.3) is 0 Å². The van der Waals surface area contributed by atoms with Gasteiger partial charge < -0.3 is 48.1 Å². The smallest absolute Gasteiger partial charge is 0.326 e. The van der Waals surface area contributed by atoms with Gasteiger partial charge in [-0.3, -0.25) is 29.0 Å². The Bertz CT molecular complexity index is 876. The zero-order valence-electron chi connectivity index (χ0n) is 19.6. The van der Waals surface area contributed by atoms with Gasteiger partial charge in [0.05, 0.1) is 12.5 Å². The van der Waals surface area contributed by atoms with E-state index in [0.29, 0.717) is 6.42 Å². The van der Waals surface area contributed by atoms with Crippen LogP contribution in [-0.2, 0) is 28.8 Å². The maximum absolute atomic E-state index is 13.0. The van der Waals surface area contributed by atoms with Crippen molar-refractivity contribution in [3.8, 4) is 0 Å². The van der Waals surface area contributed by atoms with Crippen LogP contribution in [0.1, 0.15) is 44.9 Å². The van der Waals surface area contributed by atoms with Crippen LogP contribution < -0.4 is 27.8 Å². The molecule has 1 aliphatic heterocycles. The summed E-state index contributed by atoms with van der Waals surface area (Å²) >= 11 is 0. The number of rotatable bonds is 15. The highest BCUT2D eigenvalue weighted by molar-refractivity contribution is 5.95. The molecule has 0 bridgehead atoms. The van der Waals surface area contributed by atoms with Crippen molar-refractivity contribution in [1.29, 1.82) is 0 Å². The largest absolute Gasteiger partial charge is 0.481 e. The highest BCUT2D eigenvalue weighted by Gasteiger charge is 2.39. The van der Waals surface area contributed by atoms with Crippen LogP contribution in [0.2, 0.25) is 0 Å². The SMILES string of the molecule is NC(N)=NCCCC(NC(=O)C(N)CCC(=O)O)C(=O)NC(CC(=O)O)C(=O)N1CCCC1C(=O)O. The molecule has 3 amide bonds. The Hall–Kier alpha value is -3.95. The minimum absolute atomic E-state index is 0.0323. The number of nitrogens with zero attached hydrogens (tertiary/aromatic N) is 2. The van der Waals surface area contributed by atoms with Crippen molar-refractivity contribution in [2.24, 2.45) is 22.2 Å². The Morgan fingerprint density at radius 1 is 0.944 bits per heavy atom. The number of carbonyl (C=O) groups is 6. The Balaban J connectivity index is 3.02. The minimum atomic E-state index is -1.59. The molecule has 36 heavy (non-hydrogen) atoms. The lowest BCUT2D eigenvalue weighted by Crippen LogP contribution is -2.57. The van der Waals surface area contributed by atoms with E-state index in [1.54, 1.807) is 0 Å². The summed E-state index contributed by atoms with van der Waals surface area (Å²) in [5, 5.41) is 32.0.